The van der Waals surface area contributed by atoms with Crippen molar-refractivity contribution >= 4 is 45.7 Å². The molecule has 2 N–H and O–H groups in total. The van der Waals surface area contributed by atoms with Crippen LogP contribution in [-0.2, 0) is 6.54 Å². The van der Waals surface area contributed by atoms with Crippen LogP contribution in [-0.4, -0.2) is 19.6 Å². The molecule has 2 aromatic heterocycles. The average Bonchev–Trinajstić information content (AvgIpc) is 2.93. The van der Waals surface area contributed by atoms with Crippen molar-refractivity contribution in [3.05, 3.63) is 80.2 Å². The standard InChI is InChI=1S/C20H15Cl2N5O2/c1-11-8-17(28)24-20(23-11)26-25-18-14-4-2-3-5-16(14)27(19(18)29)10-12-6-7-13(21)9-15(12)22/h2-9,29H,10H2,1H3,(H,23,24,28). The highest BCUT2D eigenvalue weighted by atomic mass is 35.5. The predicted octanol–water partition coefficient (Wildman–Crippen LogP) is 5.51. The number of H-pyrrole nitrogens is 1. The number of nitrogens with one attached hydrogen (secondary N) is 1. The van der Waals surface area contributed by atoms with Crippen LogP contribution in [0.2, 0.25) is 10.0 Å². The maximum atomic E-state index is 11.6. The molecule has 4 rings (SSSR count). The number of fused-ring (bicyclic) bond motifs is 1. The third kappa shape index (κ3) is 3.87. The van der Waals surface area contributed by atoms with Gasteiger partial charge in [0.2, 0.25) is 11.8 Å². The Labute approximate surface area is 175 Å². The van der Waals surface area contributed by atoms with E-state index in [0.29, 0.717) is 27.7 Å². The molecule has 0 spiro atoms. The van der Waals surface area contributed by atoms with Crippen LogP contribution in [0.1, 0.15) is 11.3 Å². The number of rotatable bonds is 4. The SMILES string of the molecule is Cc1cc(=O)[nH]c(N=Nc2c(O)n(Cc3ccc(Cl)cc3Cl)c3ccccc23)n1. The average molecular weight is 428 g/mol. The molecular weight excluding hydrogens is 413 g/mol. The highest BCUT2D eigenvalue weighted by Crippen LogP contribution is 2.40. The zero-order chi connectivity index (χ0) is 20.5. The highest BCUT2D eigenvalue weighted by Gasteiger charge is 2.17. The molecule has 2 heterocycles. The first-order chi connectivity index (χ1) is 13.9. The Hall–Kier alpha value is -3.16. The van der Waals surface area contributed by atoms with E-state index in [0.717, 1.165) is 11.1 Å². The van der Waals surface area contributed by atoms with E-state index in [4.69, 9.17) is 23.2 Å². The molecular formula is C20H15Cl2N5O2. The van der Waals surface area contributed by atoms with E-state index in [2.05, 4.69) is 20.2 Å². The molecule has 0 unspecified atom stereocenters. The van der Waals surface area contributed by atoms with Crippen molar-refractivity contribution in [1.82, 2.24) is 14.5 Å². The molecule has 4 aromatic rings. The van der Waals surface area contributed by atoms with Crippen LogP contribution in [0.15, 0.2) is 63.6 Å². The van der Waals surface area contributed by atoms with Gasteiger partial charge in [-0.05, 0) is 30.7 Å². The molecule has 0 aliphatic carbocycles. The minimum atomic E-state index is -0.324. The van der Waals surface area contributed by atoms with E-state index in [1.165, 1.54) is 6.07 Å². The molecule has 0 atom stereocenters. The summed E-state index contributed by atoms with van der Waals surface area (Å²) in [6.45, 7) is 2.00. The molecule has 0 saturated carbocycles. The fourth-order valence-electron chi connectivity index (χ4n) is 3.06. The summed E-state index contributed by atoms with van der Waals surface area (Å²) in [7, 11) is 0. The predicted molar refractivity (Wildman–Crippen MR) is 113 cm³/mol. The fraction of sp³-hybridized carbons (Fsp3) is 0.100. The second-order valence-corrected chi connectivity index (χ2v) is 7.27. The van der Waals surface area contributed by atoms with Gasteiger partial charge in [0, 0.05) is 27.2 Å². The Morgan fingerprint density at radius 3 is 2.69 bits per heavy atom. The van der Waals surface area contributed by atoms with Crippen LogP contribution in [0.5, 0.6) is 5.88 Å². The third-order valence-electron chi connectivity index (χ3n) is 4.36. The zero-order valence-electron chi connectivity index (χ0n) is 15.2. The van der Waals surface area contributed by atoms with Crippen molar-refractivity contribution < 1.29 is 5.11 Å². The van der Waals surface area contributed by atoms with Crippen molar-refractivity contribution in [2.75, 3.05) is 0 Å². The van der Waals surface area contributed by atoms with Gasteiger partial charge in [0.15, 0.2) is 5.69 Å². The van der Waals surface area contributed by atoms with E-state index in [1.54, 1.807) is 23.6 Å². The topological polar surface area (TPSA) is 95.6 Å². The summed E-state index contributed by atoms with van der Waals surface area (Å²) >= 11 is 12.3. The van der Waals surface area contributed by atoms with Gasteiger partial charge in [0.1, 0.15) is 0 Å². The van der Waals surface area contributed by atoms with Crippen molar-refractivity contribution in [3.8, 4) is 5.88 Å². The number of halogens is 2. The van der Waals surface area contributed by atoms with Crippen molar-refractivity contribution in [3.63, 3.8) is 0 Å². The Balaban J connectivity index is 1.80. The lowest BCUT2D eigenvalue weighted by atomic mass is 10.2. The summed E-state index contributed by atoms with van der Waals surface area (Å²) in [4.78, 5) is 18.2. The number of azo groups is 1. The molecule has 0 saturated heterocycles. The molecule has 9 heteroatoms. The molecule has 146 valence electrons. The Morgan fingerprint density at radius 1 is 1.14 bits per heavy atom. The third-order valence-corrected chi connectivity index (χ3v) is 4.95. The van der Waals surface area contributed by atoms with Gasteiger partial charge in [0.05, 0.1) is 12.1 Å². The minimum absolute atomic E-state index is 0.0620. The van der Waals surface area contributed by atoms with Crippen molar-refractivity contribution in [1.29, 1.82) is 0 Å². The van der Waals surface area contributed by atoms with Crippen molar-refractivity contribution in [2.45, 2.75) is 13.5 Å². The van der Waals surface area contributed by atoms with Crippen LogP contribution >= 0.6 is 23.2 Å². The van der Waals surface area contributed by atoms with Crippen LogP contribution in [0, 0.1) is 6.92 Å². The molecule has 0 fully saturated rings. The molecule has 29 heavy (non-hydrogen) atoms. The van der Waals surface area contributed by atoms with Crippen LogP contribution in [0.25, 0.3) is 10.9 Å². The molecule has 2 aromatic carbocycles. The highest BCUT2D eigenvalue weighted by molar-refractivity contribution is 6.35. The van der Waals surface area contributed by atoms with E-state index in [1.807, 2.05) is 30.3 Å². The Bertz CT molecular complexity index is 1310. The number of aromatic hydroxyl groups is 1. The minimum Gasteiger partial charge on any atom is -0.493 e. The Kier molecular flexibility index (Phi) is 5.08. The van der Waals surface area contributed by atoms with Gasteiger partial charge in [-0.3, -0.25) is 9.78 Å². The van der Waals surface area contributed by atoms with Gasteiger partial charge in [0.25, 0.3) is 5.56 Å². The summed E-state index contributed by atoms with van der Waals surface area (Å²) in [6, 6.07) is 14.0. The number of aromatic nitrogens is 3. The van der Waals surface area contributed by atoms with Gasteiger partial charge < -0.3 is 9.67 Å². The smallest absolute Gasteiger partial charge is 0.252 e. The van der Waals surface area contributed by atoms with Gasteiger partial charge in [-0.25, -0.2) is 4.98 Å². The lowest BCUT2D eigenvalue weighted by Gasteiger charge is -2.09. The zero-order valence-corrected chi connectivity index (χ0v) is 16.7. The number of hydrogen-bond acceptors (Lipinski definition) is 5. The van der Waals surface area contributed by atoms with E-state index in [9.17, 15) is 9.90 Å². The van der Waals surface area contributed by atoms with Crippen LogP contribution < -0.4 is 5.56 Å². The van der Waals surface area contributed by atoms with Crippen LogP contribution in [0.4, 0.5) is 11.6 Å². The molecule has 0 aliphatic heterocycles. The largest absolute Gasteiger partial charge is 0.493 e. The fourth-order valence-corrected chi connectivity index (χ4v) is 3.53. The quantitative estimate of drug-likeness (QED) is 0.420. The van der Waals surface area contributed by atoms with Gasteiger partial charge >= 0.3 is 0 Å². The summed E-state index contributed by atoms with van der Waals surface area (Å²) in [5.41, 5.74) is 2.02. The van der Waals surface area contributed by atoms with E-state index < -0.39 is 0 Å². The second kappa shape index (κ2) is 7.69. The first-order valence-corrected chi connectivity index (χ1v) is 9.42. The number of para-hydroxylation sites is 1. The summed E-state index contributed by atoms with van der Waals surface area (Å²) in [5.74, 6) is -0.0112. The van der Waals surface area contributed by atoms with Gasteiger partial charge in [-0.2, -0.15) is 0 Å². The molecule has 7 nitrogen and oxygen atoms in total. The maximum Gasteiger partial charge on any atom is 0.252 e. The maximum absolute atomic E-state index is 11.6. The number of aryl methyl sites for hydroxylation is 1. The van der Waals surface area contributed by atoms with Crippen molar-refractivity contribution in [2.24, 2.45) is 10.2 Å². The number of benzene rings is 2. The van der Waals surface area contributed by atoms with E-state index >= 15 is 0 Å². The molecule has 0 amide bonds. The molecule has 0 radical (unpaired) electrons. The molecule has 0 bridgehead atoms. The lowest BCUT2D eigenvalue weighted by Crippen LogP contribution is -2.05. The summed E-state index contributed by atoms with van der Waals surface area (Å²) < 4.78 is 1.69. The number of nitrogens with zero attached hydrogens (tertiary/aromatic N) is 4. The summed E-state index contributed by atoms with van der Waals surface area (Å²) in [6.07, 6.45) is 0. The Morgan fingerprint density at radius 2 is 1.93 bits per heavy atom. The number of aromatic amines is 1. The first-order valence-electron chi connectivity index (χ1n) is 8.66. The summed E-state index contributed by atoms with van der Waals surface area (Å²) in [5, 5.41) is 20.7. The monoisotopic (exact) mass is 427 g/mol. The van der Waals surface area contributed by atoms with Gasteiger partial charge in [-0.1, -0.05) is 47.5 Å². The molecule has 0 aliphatic rings. The number of hydrogen-bond donors (Lipinski definition) is 2. The van der Waals surface area contributed by atoms with E-state index in [-0.39, 0.29) is 23.1 Å². The lowest BCUT2D eigenvalue weighted by molar-refractivity contribution is 0.429. The normalized spacial score (nSPS) is 11.6. The first kappa shape index (κ1) is 19.2. The van der Waals surface area contributed by atoms with Gasteiger partial charge in [-0.15, -0.1) is 10.2 Å². The second-order valence-electron chi connectivity index (χ2n) is 6.42. The van der Waals surface area contributed by atoms with Crippen LogP contribution in [0.3, 0.4) is 0 Å².